The smallest absolute Gasteiger partial charge is 0.335 e. The molecule has 1 aromatic rings. The van der Waals surface area contributed by atoms with Gasteiger partial charge in [0.1, 0.15) is 17.8 Å². The molecule has 0 aliphatic carbocycles. The first-order chi connectivity index (χ1) is 15.9. The lowest BCUT2D eigenvalue weighted by Gasteiger charge is -2.54. The van der Waals surface area contributed by atoms with Crippen LogP contribution in [0.15, 0.2) is 21.9 Å². The van der Waals surface area contributed by atoms with Crippen molar-refractivity contribution in [1.82, 2.24) is 9.55 Å². The average Bonchev–Trinajstić information content (AvgIpc) is 3.00. The van der Waals surface area contributed by atoms with Crippen molar-refractivity contribution in [2.24, 2.45) is 0 Å². The van der Waals surface area contributed by atoms with Gasteiger partial charge in [-0.05, 0) is 22.2 Å². The number of nitrogens with one attached hydrogen (secondary N) is 1. The van der Waals surface area contributed by atoms with Crippen LogP contribution in [-0.2, 0) is 22.4 Å². The Morgan fingerprint density at radius 3 is 2.06 bits per heavy atom. The van der Waals surface area contributed by atoms with Crippen molar-refractivity contribution in [3.05, 3.63) is 33.1 Å². The highest BCUT2D eigenvalue weighted by Gasteiger charge is 2.68. The first-order valence-corrected chi connectivity index (χ1v) is 16.5. The molecule has 4 rings (SSSR count). The fourth-order valence-corrected chi connectivity index (χ4v) is 17.1. The second-order valence-corrected chi connectivity index (χ2v) is 20.0. The van der Waals surface area contributed by atoms with Crippen molar-refractivity contribution in [3.8, 4) is 0 Å². The third-order valence-electron chi connectivity index (χ3n) is 7.83. The molecule has 4 atom stereocenters. The van der Waals surface area contributed by atoms with E-state index in [4.69, 9.17) is 22.4 Å². The van der Waals surface area contributed by atoms with E-state index >= 15 is 0 Å². The number of nitrogens with zero attached hydrogens (tertiary/aromatic N) is 1. The normalized spacial score (nSPS) is 32.8. The van der Waals surface area contributed by atoms with E-state index in [0.717, 1.165) is 0 Å². The van der Waals surface area contributed by atoms with Crippen LogP contribution >= 0.6 is 0 Å². The molecule has 3 fully saturated rings. The van der Waals surface area contributed by atoms with E-state index in [1.165, 1.54) is 16.8 Å². The summed E-state index contributed by atoms with van der Waals surface area (Å²) in [5, 5.41) is 0. The van der Waals surface area contributed by atoms with Gasteiger partial charge in [0.05, 0.1) is 13.2 Å². The average molecular weight is 513 g/mol. The highest BCUT2D eigenvalue weighted by atomic mass is 28.5. The van der Waals surface area contributed by atoms with Crippen LogP contribution in [0.2, 0.25) is 22.2 Å². The molecule has 0 unspecified atom stereocenters. The monoisotopic (exact) mass is 512 g/mol. The maximum atomic E-state index is 12.7. The zero-order valence-corrected chi connectivity index (χ0v) is 23.6. The van der Waals surface area contributed by atoms with Crippen LogP contribution in [0.25, 0.3) is 0 Å². The summed E-state index contributed by atoms with van der Waals surface area (Å²) in [6.07, 6.45) is 0.585. The molecule has 1 aromatic heterocycles. The zero-order valence-electron chi connectivity index (χ0n) is 21.6. The number of rotatable bonds is 5. The maximum absolute atomic E-state index is 12.7. The molecular formula is C23H40N2O7Si2. The fraction of sp³-hybridized carbons (Fsp3) is 0.826. The summed E-state index contributed by atoms with van der Waals surface area (Å²) in [5.74, 6) is 0. The minimum atomic E-state index is -2.86. The standard InChI is InChI=1S/C23H40N2O7Si2/c1-14(2)33(15(3)4)29-13-18-20(31-34(32-33,16(5)6)17(7)8)23(10-12-28-23)21(30-18)25-11-9-19(26)24-22(25)27/h9,11,14-18,20-21H,10,12-13H2,1-8H3,(H,24,26,27)/t18-,20-,21-,23+/m1/s1. The number of aromatic nitrogens is 2. The fourth-order valence-electron chi connectivity index (χ4n) is 5.90. The Morgan fingerprint density at radius 1 is 1.00 bits per heavy atom. The maximum Gasteiger partial charge on any atom is 0.335 e. The summed E-state index contributed by atoms with van der Waals surface area (Å²) in [6.45, 7) is 18.3. The molecule has 1 spiro atoms. The Hall–Kier alpha value is -1.09. The first kappa shape index (κ1) is 26.0. The lowest BCUT2D eigenvalue weighted by molar-refractivity contribution is -0.226. The van der Waals surface area contributed by atoms with Crippen LogP contribution in [0.1, 0.15) is 68.0 Å². The number of ether oxygens (including phenoxy) is 2. The van der Waals surface area contributed by atoms with E-state index in [2.05, 4.69) is 60.4 Å². The minimum Gasteiger partial charge on any atom is -0.414 e. The molecule has 34 heavy (non-hydrogen) atoms. The Balaban J connectivity index is 1.84. The molecule has 3 saturated heterocycles. The number of H-pyrrole nitrogens is 1. The summed E-state index contributed by atoms with van der Waals surface area (Å²) >= 11 is 0. The zero-order chi connectivity index (χ0) is 25.1. The van der Waals surface area contributed by atoms with Gasteiger partial charge in [-0.25, -0.2) is 4.79 Å². The number of fused-ring (bicyclic) bond motifs is 2. The molecular weight excluding hydrogens is 472 g/mol. The molecule has 0 bridgehead atoms. The summed E-state index contributed by atoms with van der Waals surface area (Å²) in [7, 11) is -5.56. The van der Waals surface area contributed by atoms with Gasteiger partial charge in [0.15, 0.2) is 6.23 Å². The molecule has 0 saturated carbocycles. The molecule has 1 N–H and O–H groups in total. The lowest BCUT2D eigenvalue weighted by Crippen LogP contribution is -2.68. The summed E-state index contributed by atoms with van der Waals surface area (Å²) in [6, 6.07) is 1.33. The Bertz CT molecular complexity index is 986. The highest BCUT2D eigenvalue weighted by Crippen LogP contribution is 2.54. The summed E-state index contributed by atoms with van der Waals surface area (Å²) in [5.41, 5.74) is -1.01. The van der Waals surface area contributed by atoms with Crippen molar-refractivity contribution in [2.75, 3.05) is 13.2 Å². The number of aromatic amines is 1. The van der Waals surface area contributed by atoms with Crippen LogP contribution in [-0.4, -0.2) is 57.7 Å². The molecule has 11 heteroatoms. The molecule has 3 aliphatic rings. The van der Waals surface area contributed by atoms with Gasteiger partial charge in [0.25, 0.3) is 5.56 Å². The summed E-state index contributed by atoms with van der Waals surface area (Å²) in [4.78, 5) is 26.7. The van der Waals surface area contributed by atoms with Crippen LogP contribution in [0.5, 0.6) is 0 Å². The van der Waals surface area contributed by atoms with Crippen molar-refractivity contribution in [3.63, 3.8) is 0 Å². The van der Waals surface area contributed by atoms with E-state index in [1.54, 1.807) is 0 Å². The van der Waals surface area contributed by atoms with Crippen molar-refractivity contribution in [1.29, 1.82) is 0 Å². The Morgan fingerprint density at radius 2 is 1.59 bits per heavy atom. The van der Waals surface area contributed by atoms with E-state index < -0.39 is 52.4 Å². The van der Waals surface area contributed by atoms with Gasteiger partial charge in [-0.15, -0.1) is 0 Å². The second kappa shape index (κ2) is 9.09. The molecule has 9 nitrogen and oxygen atoms in total. The third-order valence-corrected chi connectivity index (χ3v) is 18.1. The number of hydrogen-bond donors (Lipinski definition) is 1. The van der Waals surface area contributed by atoms with Crippen molar-refractivity contribution < 1.29 is 22.4 Å². The van der Waals surface area contributed by atoms with E-state index in [-0.39, 0.29) is 22.2 Å². The highest BCUT2D eigenvalue weighted by molar-refractivity contribution is 6.84. The SMILES string of the molecule is CC(C)[Si]1(C(C)C)OC[C@H]2O[C@@H](n3ccc(=O)[nH]c3=O)[C@]3(CCO3)[C@@H]2O[Si](C(C)C)(C(C)C)O1. The Kier molecular flexibility index (Phi) is 6.95. The minimum absolute atomic E-state index is 0.172. The Labute approximate surface area is 203 Å². The van der Waals surface area contributed by atoms with Crippen molar-refractivity contribution >= 4 is 17.1 Å². The van der Waals surface area contributed by atoms with Gasteiger partial charge in [-0.2, -0.15) is 0 Å². The van der Waals surface area contributed by atoms with E-state index in [9.17, 15) is 9.59 Å². The topological polar surface area (TPSA) is 101 Å². The molecule has 0 aromatic carbocycles. The molecule has 4 heterocycles. The van der Waals surface area contributed by atoms with Gasteiger partial charge < -0.3 is 22.4 Å². The van der Waals surface area contributed by atoms with Gasteiger partial charge in [0, 0.05) is 18.7 Å². The quantitative estimate of drug-likeness (QED) is 0.602. The molecule has 0 amide bonds. The largest absolute Gasteiger partial charge is 0.414 e. The molecule has 192 valence electrons. The van der Waals surface area contributed by atoms with Gasteiger partial charge in [-0.1, -0.05) is 55.4 Å². The van der Waals surface area contributed by atoms with E-state index in [0.29, 0.717) is 19.6 Å². The van der Waals surface area contributed by atoms with Crippen molar-refractivity contribution in [2.45, 2.75) is 108 Å². The first-order valence-electron chi connectivity index (χ1n) is 12.5. The van der Waals surface area contributed by atoms with Gasteiger partial charge in [0.2, 0.25) is 0 Å². The van der Waals surface area contributed by atoms with Crippen LogP contribution < -0.4 is 11.2 Å². The van der Waals surface area contributed by atoms with Crippen LogP contribution in [0, 0.1) is 0 Å². The second-order valence-electron chi connectivity index (χ2n) is 11.1. The van der Waals surface area contributed by atoms with Gasteiger partial charge in [-0.3, -0.25) is 14.3 Å². The third kappa shape index (κ3) is 3.84. The number of hydrogen-bond acceptors (Lipinski definition) is 7. The van der Waals surface area contributed by atoms with Gasteiger partial charge >= 0.3 is 22.8 Å². The van der Waals surface area contributed by atoms with Crippen LogP contribution in [0.4, 0.5) is 0 Å². The predicted molar refractivity (Wildman–Crippen MR) is 132 cm³/mol. The lowest BCUT2D eigenvalue weighted by atomic mass is 9.86. The van der Waals surface area contributed by atoms with Crippen LogP contribution in [0.3, 0.4) is 0 Å². The molecule has 3 aliphatic heterocycles. The predicted octanol–water partition coefficient (Wildman–Crippen LogP) is 3.55. The molecule has 0 radical (unpaired) electrons. The summed E-state index contributed by atoms with van der Waals surface area (Å²) < 4.78 is 35.4. The van der Waals surface area contributed by atoms with E-state index in [1.807, 2.05) is 0 Å².